The van der Waals surface area contributed by atoms with Gasteiger partial charge in [-0.1, -0.05) is 31.9 Å². The number of rotatable bonds is 2. The Morgan fingerprint density at radius 1 is 1.19 bits per heavy atom. The Balaban J connectivity index is 1.73. The molecule has 4 aliphatic rings. The second-order valence-electron chi connectivity index (χ2n) is 7.47. The van der Waals surface area contributed by atoms with Gasteiger partial charge in [-0.25, -0.2) is 0 Å². The second-order valence-corrected chi connectivity index (χ2v) is 7.47. The summed E-state index contributed by atoms with van der Waals surface area (Å²) in [6.45, 7) is 2.57. The van der Waals surface area contributed by atoms with E-state index >= 15 is 0 Å². The molecule has 1 aliphatic heterocycles. The highest BCUT2D eigenvalue weighted by Crippen LogP contribution is 2.55. The van der Waals surface area contributed by atoms with Crippen molar-refractivity contribution in [3.05, 3.63) is 12.2 Å². The largest absolute Gasteiger partial charge is 0.328 e. The summed E-state index contributed by atoms with van der Waals surface area (Å²) in [6, 6.07) is 0. The lowest BCUT2D eigenvalue weighted by molar-refractivity contribution is -0.152. The molecule has 2 bridgehead atoms. The van der Waals surface area contributed by atoms with Crippen molar-refractivity contribution in [1.82, 2.24) is 4.90 Å². The highest BCUT2D eigenvalue weighted by Gasteiger charge is 2.63. The summed E-state index contributed by atoms with van der Waals surface area (Å²) in [5, 5.41) is 0. The number of nitrogens with zero attached hydrogens (tertiary/aromatic N) is 1. The molecule has 0 aromatic rings. The van der Waals surface area contributed by atoms with E-state index in [2.05, 4.69) is 19.1 Å². The monoisotopic (exact) mass is 288 g/mol. The van der Waals surface area contributed by atoms with Gasteiger partial charge >= 0.3 is 0 Å². The van der Waals surface area contributed by atoms with E-state index in [0.29, 0.717) is 12.5 Å². The highest BCUT2D eigenvalue weighted by molar-refractivity contribution is 6.07. The van der Waals surface area contributed by atoms with Crippen LogP contribution in [0.5, 0.6) is 0 Å². The van der Waals surface area contributed by atoms with E-state index in [1.165, 1.54) is 6.42 Å². The molecule has 4 heteroatoms. The molecule has 6 atom stereocenters. The van der Waals surface area contributed by atoms with Crippen LogP contribution >= 0.6 is 0 Å². The van der Waals surface area contributed by atoms with Crippen LogP contribution in [0.3, 0.4) is 0 Å². The first-order valence-corrected chi connectivity index (χ1v) is 8.36. The van der Waals surface area contributed by atoms with Gasteiger partial charge in [0.2, 0.25) is 11.8 Å². The summed E-state index contributed by atoms with van der Waals surface area (Å²) in [5.74, 6) is 0.844. The van der Waals surface area contributed by atoms with Crippen LogP contribution in [0, 0.1) is 29.6 Å². The minimum absolute atomic E-state index is 0.0704. The molecular weight excluding hydrogens is 264 g/mol. The van der Waals surface area contributed by atoms with Crippen LogP contribution in [-0.4, -0.2) is 28.8 Å². The Hall–Kier alpha value is -1.16. The molecule has 6 unspecified atom stereocenters. The number of imide groups is 1. The minimum Gasteiger partial charge on any atom is -0.328 e. The van der Waals surface area contributed by atoms with Crippen molar-refractivity contribution in [2.24, 2.45) is 35.3 Å². The number of carbonyl (C=O) groups is 2. The minimum atomic E-state index is -0.420. The molecule has 0 radical (unpaired) electrons. The third-order valence-electron chi connectivity index (χ3n) is 6.68. The predicted octanol–water partition coefficient (Wildman–Crippen LogP) is 1.70. The molecule has 2 amide bonds. The molecule has 4 nitrogen and oxygen atoms in total. The lowest BCUT2D eigenvalue weighted by atomic mass is 9.72. The first-order valence-electron chi connectivity index (χ1n) is 8.36. The topological polar surface area (TPSA) is 63.4 Å². The van der Waals surface area contributed by atoms with Crippen LogP contribution in [-0.2, 0) is 9.59 Å². The first kappa shape index (κ1) is 13.5. The highest BCUT2D eigenvalue weighted by atomic mass is 16.2. The summed E-state index contributed by atoms with van der Waals surface area (Å²) >= 11 is 0. The van der Waals surface area contributed by atoms with Crippen LogP contribution in [0.25, 0.3) is 0 Å². The first-order chi connectivity index (χ1) is 10.1. The molecule has 21 heavy (non-hydrogen) atoms. The Morgan fingerprint density at radius 3 is 2.33 bits per heavy atom. The Kier molecular flexibility index (Phi) is 2.84. The molecule has 3 aliphatic carbocycles. The van der Waals surface area contributed by atoms with E-state index in [0.717, 1.165) is 25.7 Å². The van der Waals surface area contributed by atoms with Crippen LogP contribution in [0.15, 0.2) is 12.2 Å². The third-order valence-corrected chi connectivity index (χ3v) is 6.68. The molecule has 4 rings (SSSR count). The van der Waals surface area contributed by atoms with Crippen LogP contribution < -0.4 is 5.73 Å². The van der Waals surface area contributed by atoms with Gasteiger partial charge in [0.1, 0.15) is 0 Å². The van der Waals surface area contributed by atoms with Crippen LogP contribution in [0.4, 0.5) is 0 Å². The summed E-state index contributed by atoms with van der Waals surface area (Å²) in [7, 11) is 0. The number of fused-ring (bicyclic) bond motifs is 5. The molecular formula is C17H24N2O2. The fraction of sp³-hybridized carbons (Fsp3) is 0.765. The molecule has 2 N–H and O–H groups in total. The quantitative estimate of drug-likeness (QED) is 0.621. The SMILES string of the molecule is CC1CCCCC1(CN)N1C(=O)C2C3C=CC(C3)C2C1=O. The van der Waals surface area contributed by atoms with Crippen molar-refractivity contribution in [3.63, 3.8) is 0 Å². The van der Waals surface area contributed by atoms with Crippen LogP contribution in [0.1, 0.15) is 39.0 Å². The molecule has 1 heterocycles. The Bertz CT molecular complexity index is 499. The Morgan fingerprint density at radius 2 is 1.81 bits per heavy atom. The van der Waals surface area contributed by atoms with E-state index in [9.17, 15) is 9.59 Å². The van der Waals surface area contributed by atoms with Gasteiger partial charge in [-0.15, -0.1) is 0 Å². The van der Waals surface area contributed by atoms with Crippen LogP contribution in [0.2, 0.25) is 0 Å². The van der Waals surface area contributed by atoms with Gasteiger partial charge in [0, 0.05) is 6.54 Å². The average molecular weight is 288 g/mol. The number of hydrogen-bond donors (Lipinski definition) is 1. The van der Waals surface area contributed by atoms with Crippen molar-refractivity contribution in [2.45, 2.75) is 44.6 Å². The summed E-state index contributed by atoms with van der Waals surface area (Å²) in [4.78, 5) is 27.7. The number of likely N-dealkylation sites (tertiary alicyclic amines) is 1. The van der Waals surface area contributed by atoms with Gasteiger partial charge in [0.25, 0.3) is 0 Å². The van der Waals surface area contributed by atoms with E-state index in [1.54, 1.807) is 4.90 Å². The lowest BCUT2D eigenvalue weighted by Gasteiger charge is -2.47. The number of carbonyl (C=O) groups excluding carboxylic acids is 2. The van der Waals surface area contributed by atoms with Gasteiger partial charge < -0.3 is 5.73 Å². The zero-order valence-corrected chi connectivity index (χ0v) is 12.6. The average Bonchev–Trinajstić information content (AvgIpc) is 3.15. The molecule has 1 saturated heterocycles. The normalized spacial score (nSPS) is 48.3. The standard InChI is InChI=1S/C17H24N2O2/c1-10-4-2-3-7-17(10,9-18)19-15(20)13-11-5-6-12(8-11)14(13)16(19)21/h5-6,10-14H,2-4,7-9,18H2,1H3. The Labute approximate surface area is 125 Å². The maximum atomic E-state index is 13.0. The predicted molar refractivity (Wildman–Crippen MR) is 79.0 cm³/mol. The summed E-state index contributed by atoms with van der Waals surface area (Å²) in [5.41, 5.74) is 5.69. The second kappa shape index (κ2) is 4.42. The maximum Gasteiger partial charge on any atom is 0.234 e. The van der Waals surface area contributed by atoms with E-state index in [4.69, 9.17) is 5.73 Å². The van der Waals surface area contributed by atoms with Gasteiger partial charge in [-0.3, -0.25) is 14.5 Å². The van der Waals surface area contributed by atoms with Crippen molar-refractivity contribution in [1.29, 1.82) is 0 Å². The summed E-state index contributed by atoms with van der Waals surface area (Å²) < 4.78 is 0. The van der Waals surface area contributed by atoms with E-state index < -0.39 is 5.54 Å². The third kappa shape index (κ3) is 1.54. The molecule has 0 spiro atoms. The zero-order chi connectivity index (χ0) is 14.8. The van der Waals surface area contributed by atoms with Crippen molar-refractivity contribution in [3.8, 4) is 0 Å². The number of amides is 2. The number of nitrogens with two attached hydrogens (primary N) is 1. The van der Waals surface area contributed by atoms with Gasteiger partial charge in [-0.2, -0.15) is 0 Å². The number of allylic oxidation sites excluding steroid dienone is 2. The maximum absolute atomic E-state index is 13.0. The van der Waals surface area contributed by atoms with Crippen molar-refractivity contribution >= 4 is 11.8 Å². The van der Waals surface area contributed by atoms with Gasteiger partial charge in [0.05, 0.1) is 17.4 Å². The molecule has 2 saturated carbocycles. The molecule has 0 aromatic carbocycles. The van der Waals surface area contributed by atoms with Gasteiger partial charge in [-0.05, 0) is 37.0 Å². The summed E-state index contributed by atoms with van der Waals surface area (Å²) in [6.07, 6.45) is 9.49. The number of hydrogen-bond acceptors (Lipinski definition) is 3. The van der Waals surface area contributed by atoms with E-state index in [-0.39, 0.29) is 35.5 Å². The molecule has 0 aromatic heterocycles. The molecule has 114 valence electrons. The molecule has 3 fully saturated rings. The van der Waals surface area contributed by atoms with E-state index in [1.807, 2.05) is 0 Å². The lowest BCUT2D eigenvalue weighted by Crippen LogP contribution is -2.61. The van der Waals surface area contributed by atoms with Gasteiger partial charge in [0.15, 0.2) is 0 Å². The zero-order valence-electron chi connectivity index (χ0n) is 12.6. The van der Waals surface area contributed by atoms with Crippen molar-refractivity contribution < 1.29 is 9.59 Å². The smallest absolute Gasteiger partial charge is 0.234 e. The van der Waals surface area contributed by atoms with Crippen molar-refractivity contribution in [2.75, 3.05) is 6.54 Å². The fourth-order valence-corrected chi connectivity index (χ4v) is 5.46. The fourth-order valence-electron chi connectivity index (χ4n) is 5.46.